The van der Waals surface area contributed by atoms with Crippen LogP contribution in [0.5, 0.6) is 0 Å². The van der Waals surface area contributed by atoms with Crippen LogP contribution in [0.3, 0.4) is 0 Å². The van der Waals surface area contributed by atoms with E-state index in [1.54, 1.807) is 0 Å². The fourth-order valence-corrected chi connectivity index (χ4v) is 2.09. The zero-order valence-electron chi connectivity index (χ0n) is 12.2. The highest BCUT2D eigenvalue weighted by Gasteiger charge is 2.36. The molecule has 1 amide bonds. The van der Waals surface area contributed by atoms with Crippen LogP contribution in [0.4, 0.5) is 32.0 Å². The summed E-state index contributed by atoms with van der Waals surface area (Å²) in [4.78, 5) is 13.2. The summed E-state index contributed by atoms with van der Waals surface area (Å²) in [5.41, 5.74) is -2.55. The van der Waals surface area contributed by atoms with Crippen LogP contribution in [0.1, 0.15) is 21.5 Å². The van der Waals surface area contributed by atoms with E-state index in [2.05, 4.69) is 0 Å². The van der Waals surface area contributed by atoms with Crippen molar-refractivity contribution < 1.29 is 31.1 Å². The molecule has 0 atom stereocenters. The molecule has 0 spiro atoms. The second kappa shape index (κ2) is 6.18. The minimum atomic E-state index is -4.72. The van der Waals surface area contributed by atoms with Gasteiger partial charge in [-0.15, -0.1) is 0 Å². The molecular weight excluding hydrogens is 336 g/mol. The predicted molar refractivity (Wildman–Crippen MR) is 75.6 cm³/mol. The van der Waals surface area contributed by atoms with Crippen LogP contribution < -0.4 is 4.90 Å². The number of alkyl halides is 6. The van der Waals surface area contributed by atoms with Gasteiger partial charge < -0.3 is 4.90 Å². The van der Waals surface area contributed by atoms with Crippen molar-refractivity contribution in [1.29, 1.82) is 0 Å². The molecule has 0 N–H and O–H groups in total. The molecule has 2 aromatic rings. The van der Waals surface area contributed by atoms with Crippen LogP contribution in [0, 0.1) is 0 Å². The maximum atomic E-state index is 13.0. The standard InChI is InChI=1S/C16H11F6NO/c1-23(11-8-6-10(7-9-11)15(17,18)19)14(24)12-4-2-3-5-13(12)16(20,21)22/h2-9H,1H3. The second-order valence-corrected chi connectivity index (χ2v) is 4.95. The fourth-order valence-electron chi connectivity index (χ4n) is 2.09. The van der Waals surface area contributed by atoms with Gasteiger partial charge >= 0.3 is 12.4 Å². The number of rotatable bonds is 2. The minimum absolute atomic E-state index is 0.0463. The highest BCUT2D eigenvalue weighted by Crippen LogP contribution is 2.33. The highest BCUT2D eigenvalue weighted by atomic mass is 19.4. The molecule has 2 aromatic carbocycles. The Hall–Kier alpha value is -2.51. The number of hydrogen-bond acceptors (Lipinski definition) is 1. The van der Waals surface area contributed by atoms with Crippen molar-refractivity contribution in [3.8, 4) is 0 Å². The number of hydrogen-bond donors (Lipinski definition) is 0. The van der Waals surface area contributed by atoms with E-state index in [0.29, 0.717) is 0 Å². The third kappa shape index (κ3) is 3.69. The average molecular weight is 347 g/mol. The molecule has 2 nitrogen and oxygen atoms in total. The quantitative estimate of drug-likeness (QED) is 0.700. The molecule has 0 fully saturated rings. The van der Waals surface area contributed by atoms with Gasteiger partial charge in [-0.3, -0.25) is 4.79 Å². The summed E-state index contributed by atoms with van der Waals surface area (Å²) in [7, 11) is 1.19. The second-order valence-electron chi connectivity index (χ2n) is 4.95. The van der Waals surface area contributed by atoms with E-state index in [1.807, 2.05) is 0 Å². The van der Waals surface area contributed by atoms with E-state index in [4.69, 9.17) is 0 Å². The first-order valence-corrected chi connectivity index (χ1v) is 6.63. The van der Waals surface area contributed by atoms with Gasteiger partial charge in [0.15, 0.2) is 0 Å². The molecule has 24 heavy (non-hydrogen) atoms. The molecule has 0 bridgehead atoms. The van der Waals surface area contributed by atoms with Gasteiger partial charge in [0.1, 0.15) is 0 Å². The summed E-state index contributed by atoms with van der Waals surface area (Å²) in [6, 6.07) is 7.79. The molecule has 0 unspecified atom stereocenters. The monoisotopic (exact) mass is 347 g/mol. The summed E-state index contributed by atoms with van der Waals surface area (Å²) < 4.78 is 76.5. The maximum absolute atomic E-state index is 13.0. The summed E-state index contributed by atoms with van der Waals surface area (Å²) in [6.07, 6.45) is -9.25. The highest BCUT2D eigenvalue weighted by molar-refractivity contribution is 6.06. The van der Waals surface area contributed by atoms with E-state index in [9.17, 15) is 31.1 Å². The van der Waals surface area contributed by atoms with E-state index in [1.165, 1.54) is 13.1 Å². The van der Waals surface area contributed by atoms with Gasteiger partial charge in [-0.1, -0.05) is 12.1 Å². The Morgan fingerprint density at radius 1 is 0.833 bits per heavy atom. The fraction of sp³-hybridized carbons (Fsp3) is 0.188. The zero-order valence-corrected chi connectivity index (χ0v) is 12.2. The van der Waals surface area contributed by atoms with Crippen LogP contribution in [0.2, 0.25) is 0 Å². The van der Waals surface area contributed by atoms with Gasteiger partial charge in [-0.2, -0.15) is 26.3 Å². The molecule has 0 aliphatic rings. The van der Waals surface area contributed by atoms with Gasteiger partial charge in [0, 0.05) is 12.7 Å². The van der Waals surface area contributed by atoms with Gasteiger partial charge in [0.2, 0.25) is 0 Å². The van der Waals surface area contributed by atoms with Gasteiger partial charge in [0.25, 0.3) is 5.91 Å². The number of benzene rings is 2. The normalized spacial score (nSPS) is 12.1. The molecule has 0 saturated heterocycles. The summed E-state index contributed by atoms with van der Waals surface area (Å²) in [6.45, 7) is 0. The molecule has 0 heterocycles. The van der Waals surface area contributed by atoms with Crippen molar-refractivity contribution in [2.45, 2.75) is 12.4 Å². The van der Waals surface area contributed by atoms with Crippen molar-refractivity contribution in [2.24, 2.45) is 0 Å². The van der Waals surface area contributed by atoms with E-state index >= 15 is 0 Å². The summed E-state index contributed by atoms with van der Waals surface area (Å²) >= 11 is 0. The first kappa shape index (κ1) is 17.8. The van der Waals surface area contributed by atoms with Crippen LogP contribution in [0.25, 0.3) is 0 Å². The third-order valence-corrected chi connectivity index (χ3v) is 3.35. The van der Waals surface area contributed by atoms with Gasteiger partial charge in [-0.05, 0) is 36.4 Å². The summed E-state index contributed by atoms with van der Waals surface area (Å²) in [5, 5.41) is 0. The SMILES string of the molecule is CN(C(=O)c1ccccc1C(F)(F)F)c1ccc(C(F)(F)F)cc1. The molecule has 0 saturated carbocycles. The van der Waals surface area contributed by atoms with Gasteiger partial charge in [-0.25, -0.2) is 0 Å². The summed E-state index contributed by atoms with van der Waals surface area (Å²) in [5.74, 6) is -0.970. The zero-order chi connectivity index (χ0) is 18.1. The Bertz CT molecular complexity index is 733. The Balaban J connectivity index is 2.34. The lowest BCUT2D eigenvalue weighted by atomic mass is 10.1. The van der Waals surface area contributed by atoms with Crippen LogP contribution >= 0.6 is 0 Å². The van der Waals surface area contributed by atoms with E-state index in [-0.39, 0.29) is 5.69 Å². The lowest BCUT2D eigenvalue weighted by Gasteiger charge is -2.20. The molecule has 128 valence electrons. The smallest absolute Gasteiger partial charge is 0.311 e. The molecule has 0 aromatic heterocycles. The minimum Gasteiger partial charge on any atom is -0.311 e. The number of anilines is 1. The van der Waals surface area contributed by atoms with Crippen molar-refractivity contribution >= 4 is 11.6 Å². The van der Waals surface area contributed by atoms with Gasteiger partial charge in [0.05, 0.1) is 16.7 Å². The molecule has 8 heteroatoms. The molecule has 0 radical (unpaired) electrons. The lowest BCUT2D eigenvalue weighted by Crippen LogP contribution is -2.28. The van der Waals surface area contributed by atoms with Crippen molar-refractivity contribution in [2.75, 3.05) is 11.9 Å². The van der Waals surface area contributed by atoms with Crippen molar-refractivity contribution in [3.63, 3.8) is 0 Å². The van der Waals surface area contributed by atoms with E-state index in [0.717, 1.165) is 47.4 Å². The number of halogens is 6. The van der Waals surface area contributed by atoms with Crippen LogP contribution in [0.15, 0.2) is 48.5 Å². The first-order valence-electron chi connectivity index (χ1n) is 6.63. The molecule has 0 aliphatic heterocycles. The average Bonchev–Trinajstić information content (AvgIpc) is 2.52. The van der Waals surface area contributed by atoms with Crippen molar-refractivity contribution in [3.05, 3.63) is 65.2 Å². The number of nitrogens with zero attached hydrogens (tertiary/aromatic N) is 1. The number of amides is 1. The topological polar surface area (TPSA) is 20.3 Å². The Labute approximate surface area is 133 Å². The third-order valence-electron chi connectivity index (χ3n) is 3.35. The Kier molecular flexibility index (Phi) is 4.59. The molecule has 2 rings (SSSR count). The largest absolute Gasteiger partial charge is 0.417 e. The molecule has 0 aliphatic carbocycles. The molecular formula is C16H11F6NO. The van der Waals surface area contributed by atoms with E-state index < -0.39 is 35.0 Å². The lowest BCUT2D eigenvalue weighted by molar-refractivity contribution is -0.138. The Morgan fingerprint density at radius 2 is 1.38 bits per heavy atom. The van der Waals surface area contributed by atoms with Crippen LogP contribution in [-0.2, 0) is 12.4 Å². The maximum Gasteiger partial charge on any atom is 0.417 e. The Morgan fingerprint density at radius 3 is 1.88 bits per heavy atom. The van der Waals surface area contributed by atoms with Crippen LogP contribution in [-0.4, -0.2) is 13.0 Å². The first-order chi connectivity index (χ1) is 11.0. The number of carbonyl (C=O) groups excluding carboxylic acids is 1. The predicted octanol–water partition coefficient (Wildman–Crippen LogP) is 5.00. The number of carbonyl (C=O) groups is 1. The van der Waals surface area contributed by atoms with Crippen molar-refractivity contribution in [1.82, 2.24) is 0 Å².